The predicted octanol–water partition coefficient (Wildman–Crippen LogP) is 2.49. The molecule has 0 aliphatic rings. The highest BCUT2D eigenvalue weighted by Crippen LogP contribution is 2.22. The summed E-state index contributed by atoms with van der Waals surface area (Å²) in [5.41, 5.74) is -0.325. The number of hydrogen-bond acceptors (Lipinski definition) is 2. The Kier molecular flexibility index (Phi) is 5.00. The molecule has 1 aromatic rings. The number of aliphatic hydroxyl groups excluding tert-OH is 1. The van der Waals surface area contributed by atoms with Crippen molar-refractivity contribution in [2.24, 2.45) is 5.41 Å². The Hall–Kier alpha value is -1.49. The third-order valence-electron chi connectivity index (χ3n) is 2.89. The maximum absolute atomic E-state index is 13.0. The fraction of sp³-hybridized carbons (Fsp3) is 0.500. The molecule has 0 radical (unpaired) electrons. The van der Waals surface area contributed by atoms with Crippen LogP contribution in [0.3, 0.4) is 0 Å². The summed E-state index contributed by atoms with van der Waals surface area (Å²) in [6.07, 6.45) is 0.382. The van der Waals surface area contributed by atoms with Gasteiger partial charge in [0.1, 0.15) is 11.6 Å². The summed E-state index contributed by atoms with van der Waals surface area (Å²) in [7, 11) is 0. The number of hydrogen-bond donors (Lipinski definition) is 2. The van der Waals surface area contributed by atoms with Crippen LogP contribution in [0.1, 0.15) is 37.6 Å². The van der Waals surface area contributed by atoms with Crippen molar-refractivity contribution >= 4 is 5.91 Å². The van der Waals surface area contributed by atoms with Crippen molar-refractivity contribution in [3.05, 3.63) is 35.4 Å². The lowest BCUT2D eigenvalue weighted by Gasteiger charge is -2.31. The van der Waals surface area contributed by atoms with Gasteiger partial charge in [0.25, 0.3) is 5.91 Å². The number of benzene rings is 1. The van der Waals surface area contributed by atoms with Gasteiger partial charge >= 0.3 is 0 Å². The Morgan fingerprint density at radius 3 is 2.21 bits per heavy atom. The summed E-state index contributed by atoms with van der Waals surface area (Å²) in [5.74, 6) is -2.13. The zero-order chi connectivity index (χ0) is 14.6. The minimum atomic E-state index is -0.792. The lowest BCUT2D eigenvalue weighted by atomic mass is 9.85. The van der Waals surface area contributed by atoms with Crippen molar-refractivity contribution in [3.63, 3.8) is 0 Å². The number of halogens is 2. The molecule has 0 fully saturated rings. The van der Waals surface area contributed by atoms with Crippen LogP contribution >= 0.6 is 0 Å². The first-order valence-electron chi connectivity index (χ1n) is 6.12. The average molecular weight is 271 g/mol. The molecule has 2 N–H and O–H groups in total. The molecule has 1 rings (SSSR count). The van der Waals surface area contributed by atoms with Crippen molar-refractivity contribution < 1.29 is 18.7 Å². The highest BCUT2D eigenvalue weighted by atomic mass is 19.1. The predicted molar refractivity (Wildman–Crippen MR) is 68.8 cm³/mol. The number of aliphatic hydroxyl groups is 1. The van der Waals surface area contributed by atoms with Crippen molar-refractivity contribution in [3.8, 4) is 0 Å². The highest BCUT2D eigenvalue weighted by Gasteiger charge is 2.26. The zero-order valence-electron chi connectivity index (χ0n) is 11.3. The van der Waals surface area contributed by atoms with Crippen LogP contribution in [0.2, 0.25) is 0 Å². The minimum Gasteiger partial charge on any atom is -0.396 e. The number of nitrogens with one attached hydrogen (secondary N) is 1. The second kappa shape index (κ2) is 6.10. The van der Waals surface area contributed by atoms with Crippen LogP contribution in [0.25, 0.3) is 0 Å². The van der Waals surface area contributed by atoms with E-state index in [1.807, 2.05) is 20.8 Å². The van der Waals surface area contributed by atoms with E-state index in [1.165, 1.54) is 0 Å². The maximum atomic E-state index is 13.0. The van der Waals surface area contributed by atoms with Gasteiger partial charge in [-0.05, 0) is 24.0 Å². The average Bonchev–Trinajstić information content (AvgIpc) is 2.25. The van der Waals surface area contributed by atoms with Crippen molar-refractivity contribution in [1.29, 1.82) is 0 Å². The molecule has 1 atom stereocenters. The second-order valence-electron chi connectivity index (χ2n) is 5.56. The molecule has 0 heterocycles. The van der Waals surface area contributed by atoms with Crippen LogP contribution in [-0.4, -0.2) is 23.7 Å². The van der Waals surface area contributed by atoms with Gasteiger partial charge in [-0.1, -0.05) is 20.8 Å². The van der Waals surface area contributed by atoms with Crippen LogP contribution in [-0.2, 0) is 0 Å². The Bertz CT molecular complexity index is 435. The van der Waals surface area contributed by atoms with Gasteiger partial charge in [-0.2, -0.15) is 0 Å². The molecule has 0 aromatic heterocycles. The summed E-state index contributed by atoms with van der Waals surface area (Å²) >= 11 is 0. The fourth-order valence-corrected chi connectivity index (χ4v) is 1.78. The molecule has 3 nitrogen and oxygen atoms in total. The van der Waals surface area contributed by atoms with Crippen LogP contribution in [0.5, 0.6) is 0 Å². The first-order chi connectivity index (χ1) is 8.74. The summed E-state index contributed by atoms with van der Waals surface area (Å²) in [6.45, 7) is 5.68. The lowest BCUT2D eigenvalue weighted by molar-refractivity contribution is 0.0884. The van der Waals surface area contributed by atoms with Gasteiger partial charge in [-0.3, -0.25) is 4.79 Å². The van der Waals surface area contributed by atoms with Crippen LogP contribution in [0, 0.1) is 17.0 Å². The van der Waals surface area contributed by atoms with Crippen molar-refractivity contribution in [1.82, 2.24) is 5.32 Å². The van der Waals surface area contributed by atoms with E-state index < -0.39 is 17.5 Å². The molecule has 0 unspecified atom stereocenters. The molecule has 0 aliphatic heterocycles. The number of amides is 1. The van der Waals surface area contributed by atoms with E-state index in [2.05, 4.69) is 5.32 Å². The minimum absolute atomic E-state index is 0.0651. The quantitative estimate of drug-likeness (QED) is 0.884. The van der Waals surface area contributed by atoms with Gasteiger partial charge in [0, 0.05) is 24.3 Å². The Morgan fingerprint density at radius 1 is 1.26 bits per heavy atom. The summed E-state index contributed by atoms with van der Waals surface area (Å²) in [6, 6.07) is 2.40. The Labute approximate surface area is 111 Å². The van der Waals surface area contributed by atoms with Gasteiger partial charge in [0.2, 0.25) is 0 Å². The third-order valence-corrected chi connectivity index (χ3v) is 2.89. The van der Waals surface area contributed by atoms with Crippen molar-refractivity contribution in [2.45, 2.75) is 33.2 Å². The van der Waals surface area contributed by atoms with Gasteiger partial charge in [0.05, 0.1) is 0 Å². The topological polar surface area (TPSA) is 49.3 Å². The molecule has 0 bridgehead atoms. The van der Waals surface area contributed by atoms with Crippen LogP contribution in [0.15, 0.2) is 18.2 Å². The molecule has 1 amide bonds. The SMILES string of the molecule is CC(C)(C)[C@@H](CCO)NC(=O)c1cc(F)cc(F)c1. The standard InChI is InChI=1S/C14H19F2NO2/c1-14(2,3)12(4-5-18)17-13(19)9-6-10(15)8-11(16)7-9/h6-8,12,18H,4-5H2,1-3H3,(H,17,19)/t12-/m1/s1. The molecular formula is C14H19F2NO2. The fourth-order valence-electron chi connectivity index (χ4n) is 1.78. The van der Waals surface area contributed by atoms with E-state index >= 15 is 0 Å². The molecular weight excluding hydrogens is 252 g/mol. The number of rotatable bonds is 4. The summed E-state index contributed by atoms with van der Waals surface area (Å²) < 4.78 is 26.1. The molecule has 5 heteroatoms. The van der Waals surface area contributed by atoms with E-state index in [-0.39, 0.29) is 23.6 Å². The zero-order valence-corrected chi connectivity index (χ0v) is 11.3. The second-order valence-corrected chi connectivity index (χ2v) is 5.56. The number of carbonyl (C=O) groups excluding carboxylic acids is 1. The largest absolute Gasteiger partial charge is 0.396 e. The van der Waals surface area contributed by atoms with Gasteiger partial charge in [-0.15, -0.1) is 0 Å². The first-order valence-corrected chi connectivity index (χ1v) is 6.12. The summed E-state index contributed by atoms with van der Waals surface area (Å²) in [4.78, 5) is 12.0. The Balaban J connectivity index is 2.87. The molecule has 0 saturated carbocycles. The maximum Gasteiger partial charge on any atom is 0.251 e. The van der Waals surface area contributed by atoms with Crippen LogP contribution in [0.4, 0.5) is 8.78 Å². The molecule has 0 saturated heterocycles. The van der Waals surface area contributed by atoms with E-state index in [0.29, 0.717) is 12.5 Å². The van der Waals surface area contributed by atoms with Gasteiger partial charge in [0.15, 0.2) is 0 Å². The van der Waals surface area contributed by atoms with E-state index in [0.717, 1.165) is 12.1 Å². The van der Waals surface area contributed by atoms with E-state index in [4.69, 9.17) is 5.11 Å². The molecule has 106 valence electrons. The smallest absolute Gasteiger partial charge is 0.251 e. The van der Waals surface area contributed by atoms with Crippen molar-refractivity contribution in [2.75, 3.05) is 6.61 Å². The van der Waals surface area contributed by atoms with E-state index in [1.54, 1.807) is 0 Å². The normalized spacial score (nSPS) is 13.2. The monoisotopic (exact) mass is 271 g/mol. The highest BCUT2D eigenvalue weighted by molar-refractivity contribution is 5.94. The number of carbonyl (C=O) groups is 1. The molecule has 0 aliphatic carbocycles. The molecule has 1 aromatic carbocycles. The third kappa shape index (κ3) is 4.59. The van der Waals surface area contributed by atoms with Gasteiger partial charge in [-0.25, -0.2) is 8.78 Å². The van der Waals surface area contributed by atoms with Gasteiger partial charge < -0.3 is 10.4 Å². The Morgan fingerprint density at radius 2 is 1.79 bits per heavy atom. The first kappa shape index (κ1) is 15.6. The molecule has 0 spiro atoms. The van der Waals surface area contributed by atoms with E-state index in [9.17, 15) is 13.6 Å². The lowest BCUT2D eigenvalue weighted by Crippen LogP contribution is -2.44. The molecule has 19 heavy (non-hydrogen) atoms. The van der Waals surface area contributed by atoms with Crippen LogP contribution < -0.4 is 5.32 Å². The summed E-state index contributed by atoms with van der Waals surface area (Å²) in [5, 5.41) is 11.7.